The molecule has 1 aliphatic rings. The number of oxime groups is 1. The summed E-state index contributed by atoms with van der Waals surface area (Å²) < 4.78 is 50.4. The van der Waals surface area contributed by atoms with E-state index in [2.05, 4.69) is 127 Å². The summed E-state index contributed by atoms with van der Waals surface area (Å²) in [6.45, 7) is 4.46. The Morgan fingerprint density at radius 2 is 0.942 bits per heavy atom. The molecule has 18 N–H and O–H groups in total. The van der Waals surface area contributed by atoms with E-state index in [9.17, 15) is 72.2 Å². The molecule has 0 aromatic heterocycles. The first-order chi connectivity index (χ1) is 57.9. The molecule has 0 unspecified atom stereocenters. The Bertz CT molecular complexity index is 3480. The van der Waals surface area contributed by atoms with Gasteiger partial charge in [0, 0.05) is 72.9 Å². The second kappa shape index (κ2) is 66.8. The average molecular weight is 1870 g/mol. The number of amides is 13. The van der Waals surface area contributed by atoms with Crippen LogP contribution in [0.15, 0.2) is 64.7 Å². The normalized spacial score (nSPS) is 18.2. The van der Waals surface area contributed by atoms with E-state index in [-0.39, 0.29) is 153 Å². The molecule has 42 nitrogen and oxygen atoms in total. The summed E-state index contributed by atoms with van der Waals surface area (Å²) in [7, 11) is 0. The van der Waals surface area contributed by atoms with Crippen molar-refractivity contribution in [3.8, 4) is 0 Å². The van der Waals surface area contributed by atoms with Crippen molar-refractivity contribution in [1.29, 1.82) is 0 Å². The van der Waals surface area contributed by atoms with E-state index < -0.39 is 151 Å². The van der Waals surface area contributed by atoms with Gasteiger partial charge in [-0.15, -0.1) is 11.8 Å². The van der Waals surface area contributed by atoms with Gasteiger partial charge in [0.1, 0.15) is 55.5 Å². The standard InChI is InChI=1S/C74H116IN17O25S3/c1-2-60(93)79-19-23-108-27-31-112-34-30-111-26-22-82-68(102)59-48-120-49-65(98)86-54(11-6-7-17-78-62(95)43-116-44-63(96)80-20-24-109-28-32-113-35-37-115-38-36-114-33-29-110-25-21-81-64(97)45-117-85-41-51-13-15-52(75)16-14-51)69(103)90-57(46-118)72(106)88-53(12-8-18-83-74(76)77)67(101)84-42-61(94)87-56(40-66(99)100)71(105)91-58(47-119)73(107)89-55(70(104)92-59)39-50-9-4-3-5-10-50/h3-5,9-10,13-16,41,53-59,118-119H,2,6-8,11-12,17-40,42-49H2,1H3,(H,78,95)(H,79,93)(H,80,96)(H,81,97)(H,82,102)(H,84,101)(H,86,98)(H,87,94)(H,88,106)(H,89,107)(H,90,103)(H,91,105)(H,92,104)(H,99,100)(H4,76,77,83)/b85-41+/t53-,54-,55-,56-,57-,58-,59-/m0/s1. The molecule has 46 heteroatoms. The second-order valence-corrected chi connectivity index (χ2v) is 28.9. The molecular weight excluding hydrogens is 1750 g/mol. The number of nitrogens with one attached hydrogen (secondary N) is 13. The number of thioether (sulfide) groups is 1. The van der Waals surface area contributed by atoms with E-state index in [4.69, 9.17) is 58.9 Å². The summed E-state index contributed by atoms with van der Waals surface area (Å²) in [4.78, 5) is 196. The topological polar surface area (TPSA) is 585 Å². The molecule has 120 heavy (non-hydrogen) atoms. The van der Waals surface area contributed by atoms with Crippen LogP contribution in [0.25, 0.3) is 0 Å². The fourth-order valence-corrected chi connectivity index (χ4v) is 11.8. The fourth-order valence-electron chi connectivity index (χ4n) is 10.1. The number of carbonyl (C=O) groups is 14. The molecule has 7 atom stereocenters. The minimum absolute atomic E-state index is 0.0224. The Balaban J connectivity index is 1.62. The molecule has 13 amide bonds. The summed E-state index contributed by atoms with van der Waals surface area (Å²) in [5.41, 5.74) is 12.4. The molecule has 2 aromatic rings. The number of hydrogen-bond acceptors (Lipinski definition) is 29. The number of carbonyl (C=O) groups excluding carboxylic acids is 13. The second-order valence-electron chi connectivity index (χ2n) is 25.9. The molecule has 0 saturated carbocycles. The quantitative estimate of drug-likeness (QED) is 0.00735. The van der Waals surface area contributed by atoms with Gasteiger partial charge in [0.05, 0.1) is 131 Å². The van der Waals surface area contributed by atoms with Crippen LogP contribution in [0.4, 0.5) is 0 Å². The van der Waals surface area contributed by atoms with Gasteiger partial charge in [-0.3, -0.25) is 72.1 Å². The first-order valence-electron chi connectivity index (χ1n) is 38.8. The predicted molar refractivity (Wildman–Crippen MR) is 453 cm³/mol. The number of carboxylic acids is 1. The molecule has 3 rings (SSSR count). The van der Waals surface area contributed by atoms with Crippen molar-refractivity contribution in [1.82, 2.24) is 69.1 Å². The Hall–Kier alpha value is -8.82. The third kappa shape index (κ3) is 52.4. The van der Waals surface area contributed by atoms with E-state index in [1.54, 1.807) is 37.3 Å². The maximum Gasteiger partial charge on any atom is 0.305 e. The van der Waals surface area contributed by atoms with E-state index in [1.807, 2.05) is 24.3 Å². The van der Waals surface area contributed by atoms with Crippen molar-refractivity contribution < 1.29 is 120 Å². The maximum absolute atomic E-state index is 14.5. The van der Waals surface area contributed by atoms with Crippen LogP contribution in [-0.2, 0) is 121 Å². The van der Waals surface area contributed by atoms with Crippen LogP contribution < -0.4 is 80.6 Å². The van der Waals surface area contributed by atoms with Gasteiger partial charge in [-0.2, -0.15) is 25.3 Å². The van der Waals surface area contributed by atoms with Crippen molar-refractivity contribution in [3.05, 3.63) is 69.3 Å². The largest absolute Gasteiger partial charge is 0.481 e. The highest BCUT2D eigenvalue weighted by Crippen LogP contribution is 2.12. The molecule has 672 valence electrons. The number of ether oxygens (including phenoxy) is 9. The summed E-state index contributed by atoms with van der Waals surface area (Å²) in [6, 6.07) is 5.27. The van der Waals surface area contributed by atoms with Gasteiger partial charge >= 0.3 is 5.97 Å². The zero-order valence-electron chi connectivity index (χ0n) is 67.2. The van der Waals surface area contributed by atoms with Gasteiger partial charge in [0.2, 0.25) is 70.9 Å². The van der Waals surface area contributed by atoms with Crippen molar-refractivity contribution in [3.63, 3.8) is 0 Å². The molecule has 0 aliphatic carbocycles. The summed E-state index contributed by atoms with van der Waals surface area (Å²) >= 11 is 11.6. The zero-order chi connectivity index (χ0) is 87.8. The van der Waals surface area contributed by atoms with Gasteiger partial charge in [-0.25, -0.2) is 0 Å². The van der Waals surface area contributed by atoms with E-state index >= 15 is 0 Å². The number of nitrogens with two attached hydrogens (primary N) is 2. The fraction of sp³-hybridized carbons (Fsp3) is 0.622. The van der Waals surface area contributed by atoms with Gasteiger partial charge in [-0.1, -0.05) is 54.5 Å². The number of rotatable bonds is 55. The smallest absolute Gasteiger partial charge is 0.305 e. The minimum Gasteiger partial charge on any atom is -0.481 e. The summed E-state index contributed by atoms with van der Waals surface area (Å²) in [5.74, 6) is -13.4. The highest BCUT2D eigenvalue weighted by Gasteiger charge is 2.34. The number of hydrogen-bond donors (Lipinski definition) is 18. The number of carboxylic acid groups (broad SMARTS) is 1. The number of halogens is 1. The van der Waals surface area contributed by atoms with Crippen LogP contribution in [0.3, 0.4) is 0 Å². The SMILES string of the molecule is CCC(=O)NCCOCCOCCOCCNC(=O)[C@@H]1CSCC(=O)N[C@@H](CCCCNC(=O)COCC(=O)NCCOCCOCCOCCOCCOCCNC(=O)CO/N=C/c2ccc(I)cc2)C(=O)N[C@@H](CS)C(=O)N[C@@H](CCCN=C(N)N)C(=O)NCC(=O)N[C@@H](CC(=O)O)C(=O)N[C@@H](CS)C(=O)N[C@@H](Cc2ccccc2)C(=O)N1. The number of unbranched alkanes of at least 4 members (excludes halogenated alkanes) is 1. The number of thiol groups is 2. The van der Waals surface area contributed by atoms with Crippen molar-refractivity contribution in [2.75, 3.05) is 194 Å². The number of nitrogens with zero attached hydrogens (tertiary/aromatic N) is 2. The first kappa shape index (κ1) is 105. The maximum atomic E-state index is 14.5. The number of aliphatic imine (C=N–C) groups is 1. The highest BCUT2D eigenvalue weighted by atomic mass is 127. The third-order valence-electron chi connectivity index (χ3n) is 16.2. The first-order valence-corrected chi connectivity index (χ1v) is 42.3. The lowest BCUT2D eigenvalue weighted by Crippen LogP contribution is -2.60. The van der Waals surface area contributed by atoms with Crippen molar-refractivity contribution in [2.24, 2.45) is 21.6 Å². The molecule has 1 aliphatic heterocycles. The lowest BCUT2D eigenvalue weighted by Gasteiger charge is -2.26. The van der Waals surface area contributed by atoms with E-state index in [0.29, 0.717) is 77.9 Å². The molecule has 1 fully saturated rings. The van der Waals surface area contributed by atoms with Crippen LogP contribution in [0.5, 0.6) is 0 Å². The van der Waals surface area contributed by atoms with Gasteiger partial charge < -0.3 is 133 Å². The Labute approximate surface area is 725 Å². The third-order valence-corrected chi connectivity index (χ3v) is 18.7. The predicted octanol–water partition coefficient (Wildman–Crippen LogP) is -5.16. The van der Waals surface area contributed by atoms with E-state index in [0.717, 1.165) is 20.9 Å². The molecular formula is C74H116IN17O25S3. The molecule has 0 spiro atoms. The summed E-state index contributed by atoms with van der Waals surface area (Å²) in [6.07, 6.45) is 0.850. The molecule has 0 bridgehead atoms. The molecule has 0 radical (unpaired) electrons. The van der Waals surface area contributed by atoms with Crippen LogP contribution in [0.1, 0.15) is 63.0 Å². The molecule has 2 aromatic carbocycles. The molecule has 1 saturated heterocycles. The van der Waals surface area contributed by atoms with Crippen LogP contribution in [0, 0.1) is 3.57 Å². The summed E-state index contributed by atoms with van der Waals surface area (Å²) in [5, 5.41) is 46.8. The van der Waals surface area contributed by atoms with Gasteiger partial charge in [0.25, 0.3) is 5.91 Å². The highest BCUT2D eigenvalue weighted by molar-refractivity contribution is 14.1. The van der Waals surface area contributed by atoms with Gasteiger partial charge in [-0.05, 0) is 78.0 Å². The minimum atomic E-state index is -1.87. The van der Waals surface area contributed by atoms with Gasteiger partial charge in [0.15, 0.2) is 12.6 Å². The number of benzene rings is 2. The van der Waals surface area contributed by atoms with E-state index in [1.165, 1.54) is 6.21 Å². The van der Waals surface area contributed by atoms with Crippen LogP contribution >= 0.6 is 59.6 Å². The van der Waals surface area contributed by atoms with Crippen molar-refractivity contribution in [2.45, 2.75) is 101 Å². The lowest BCUT2D eigenvalue weighted by molar-refractivity contribution is -0.141. The Morgan fingerprint density at radius 3 is 1.46 bits per heavy atom. The van der Waals surface area contributed by atoms with Crippen molar-refractivity contribution >= 4 is 155 Å². The zero-order valence-corrected chi connectivity index (χ0v) is 71.9. The average Bonchev–Trinajstić information content (AvgIpc) is 0.879. The Morgan fingerprint density at radius 1 is 0.500 bits per heavy atom. The lowest BCUT2D eigenvalue weighted by atomic mass is 10.0. The van der Waals surface area contributed by atoms with Crippen LogP contribution in [0.2, 0.25) is 0 Å². The molecule has 1 heterocycles. The Kier molecular flexibility index (Phi) is 58.7. The monoisotopic (exact) mass is 1870 g/mol. The number of guanidine groups is 1. The van der Waals surface area contributed by atoms with Crippen LogP contribution in [-0.4, -0.2) is 337 Å². The number of aliphatic carboxylic acids is 1.